The summed E-state index contributed by atoms with van der Waals surface area (Å²) in [4.78, 5) is 12.3. The lowest BCUT2D eigenvalue weighted by atomic mass is 10.0. The summed E-state index contributed by atoms with van der Waals surface area (Å²) in [5.74, 6) is -1.54. The molecule has 0 bridgehead atoms. The fourth-order valence-corrected chi connectivity index (χ4v) is 4.48. The Labute approximate surface area is 202 Å². The predicted molar refractivity (Wildman–Crippen MR) is 135 cm³/mol. The van der Waals surface area contributed by atoms with Crippen LogP contribution in [0.4, 0.5) is 0 Å². The number of hydrogen-bond donors (Lipinski definition) is 4. The molecule has 0 spiro atoms. The van der Waals surface area contributed by atoms with Crippen molar-refractivity contribution in [3.05, 3.63) is 12.2 Å². The average Bonchev–Trinajstić information content (AvgIpc) is 2.75. The first-order valence-corrected chi connectivity index (χ1v) is 14.6. The van der Waals surface area contributed by atoms with E-state index in [1.807, 2.05) is 0 Å². The third-order valence-corrected chi connectivity index (χ3v) is 6.60. The Morgan fingerprint density at radius 1 is 0.818 bits per heavy atom. The average molecular weight is 492 g/mol. The molecular formula is C25H49NO6S. The Hall–Kier alpha value is -0.960. The van der Waals surface area contributed by atoms with Crippen molar-refractivity contribution in [2.45, 2.75) is 135 Å². The van der Waals surface area contributed by atoms with E-state index in [-0.39, 0.29) is 6.42 Å². The molecular weight excluding hydrogens is 442 g/mol. The molecule has 3 unspecified atom stereocenters. The summed E-state index contributed by atoms with van der Waals surface area (Å²) in [7, 11) is -4.41. The largest absolute Gasteiger partial charge is 0.387 e. The predicted octanol–water partition coefficient (Wildman–Crippen LogP) is 4.92. The lowest BCUT2D eigenvalue weighted by Gasteiger charge is -2.22. The second-order valence-electron chi connectivity index (χ2n) is 9.12. The minimum absolute atomic E-state index is 0.282. The number of aliphatic hydroxyl groups excluding tert-OH is 2. The fourth-order valence-electron chi connectivity index (χ4n) is 3.75. The van der Waals surface area contributed by atoms with Crippen LogP contribution in [0.5, 0.6) is 0 Å². The number of aliphatic hydroxyl groups is 2. The van der Waals surface area contributed by atoms with Crippen LogP contribution in [-0.2, 0) is 14.9 Å². The van der Waals surface area contributed by atoms with Crippen LogP contribution in [0.15, 0.2) is 12.2 Å². The molecule has 0 aliphatic carbocycles. The van der Waals surface area contributed by atoms with Crippen LogP contribution in [0.2, 0.25) is 0 Å². The Kier molecular flexibility index (Phi) is 19.8. The first-order valence-electron chi connectivity index (χ1n) is 13.0. The Morgan fingerprint density at radius 3 is 1.82 bits per heavy atom. The van der Waals surface area contributed by atoms with Gasteiger partial charge in [-0.25, -0.2) is 0 Å². The molecule has 1 amide bonds. The van der Waals surface area contributed by atoms with E-state index in [0.29, 0.717) is 6.42 Å². The molecule has 0 fully saturated rings. The lowest BCUT2D eigenvalue weighted by molar-refractivity contribution is -0.130. The van der Waals surface area contributed by atoms with Gasteiger partial charge in [-0.3, -0.25) is 9.35 Å². The molecule has 0 aliphatic heterocycles. The zero-order valence-corrected chi connectivity index (χ0v) is 21.7. The van der Waals surface area contributed by atoms with Crippen molar-refractivity contribution in [2.75, 3.05) is 5.75 Å². The first kappa shape index (κ1) is 32.0. The highest BCUT2D eigenvalue weighted by Crippen LogP contribution is 2.13. The topological polar surface area (TPSA) is 124 Å². The minimum atomic E-state index is -4.41. The molecule has 8 heteroatoms. The van der Waals surface area contributed by atoms with Gasteiger partial charge in [0, 0.05) is 0 Å². The molecule has 0 aliphatic rings. The van der Waals surface area contributed by atoms with Crippen molar-refractivity contribution in [1.29, 1.82) is 0 Å². The summed E-state index contributed by atoms with van der Waals surface area (Å²) in [6, 6.07) is -1.22. The first-order chi connectivity index (χ1) is 15.7. The molecule has 3 atom stereocenters. The van der Waals surface area contributed by atoms with Gasteiger partial charge in [0.1, 0.15) is 6.10 Å². The van der Waals surface area contributed by atoms with E-state index in [9.17, 15) is 23.4 Å². The molecule has 33 heavy (non-hydrogen) atoms. The zero-order chi connectivity index (χ0) is 25.0. The Bertz CT molecular complexity index is 608. The summed E-state index contributed by atoms with van der Waals surface area (Å²) >= 11 is 0. The quantitative estimate of drug-likeness (QED) is 0.0968. The molecule has 0 saturated carbocycles. The molecule has 196 valence electrons. The van der Waals surface area contributed by atoms with Gasteiger partial charge in [0.2, 0.25) is 5.91 Å². The number of amides is 1. The van der Waals surface area contributed by atoms with Crippen LogP contribution in [0.1, 0.15) is 117 Å². The number of nitrogens with one attached hydrogen (secondary N) is 1. The molecule has 0 aromatic rings. The van der Waals surface area contributed by atoms with Crippen molar-refractivity contribution < 1.29 is 28.0 Å². The number of hydrogen-bond acceptors (Lipinski definition) is 5. The van der Waals surface area contributed by atoms with E-state index < -0.39 is 40.0 Å². The van der Waals surface area contributed by atoms with Crippen molar-refractivity contribution in [2.24, 2.45) is 0 Å². The molecule has 0 aromatic heterocycles. The molecule has 0 heterocycles. The Balaban J connectivity index is 4.25. The SMILES string of the molecule is CCCCC/C=C/C(O)C(CS(=O)(=O)O)NC(=O)C(O)CCCCCCCCCCCCC. The smallest absolute Gasteiger partial charge is 0.267 e. The third-order valence-electron chi connectivity index (χ3n) is 5.82. The van der Waals surface area contributed by atoms with Crippen LogP contribution in [0, 0.1) is 0 Å². The van der Waals surface area contributed by atoms with E-state index in [4.69, 9.17) is 4.55 Å². The van der Waals surface area contributed by atoms with Crippen LogP contribution >= 0.6 is 0 Å². The second kappa shape index (κ2) is 20.4. The summed E-state index contributed by atoms with van der Waals surface area (Å²) in [5, 5.41) is 22.8. The van der Waals surface area contributed by atoms with Gasteiger partial charge in [0.25, 0.3) is 10.1 Å². The summed E-state index contributed by atoms with van der Waals surface area (Å²) in [5.41, 5.74) is 0. The number of allylic oxidation sites excluding steroid dienone is 1. The van der Waals surface area contributed by atoms with Crippen LogP contribution in [0.3, 0.4) is 0 Å². The summed E-state index contributed by atoms with van der Waals surface area (Å²) in [6.45, 7) is 4.30. The van der Waals surface area contributed by atoms with E-state index in [2.05, 4.69) is 19.2 Å². The van der Waals surface area contributed by atoms with Crippen LogP contribution in [0.25, 0.3) is 0 Å². The monoisotopic (exact) mass is 491 g/mol. The van der Waals surface area contributed by atoms with Gasteiger partial charge in [-0.05, 0) is 19.3 Å². The molecule has 4 N–H and O–H groups in total. The molecule has 0 saturated heterocycles. The summed E-state index contributed by atoms with van der Waals surface area (Å²) < 4.78 is 31.8. The van der Waals surface area contributed by atoms with Crippen LogP contribution in [-0.4, -0.2) is 53.1 Å². The molecule has 0 aromatic carbocycles. The molecule has 0 radical (unpaired) electrons. The standard InChI is InChI=1S/C25H49NO6S/c1-3-5-7-9-10-11-12-13-14-16-18-20-24(28)25(29)26-22(21-33(30,31)32)23(27)19-17-15-8-6-4-2/h17,19,22-24,27-28H,3-16,18,20-21H2,1-2H3,(H,26,29)(H,30,31,32)/b19-17+. The van der Waals surface area contributed by atoms with Gasteiger partial charge in [0.15, 0.2) is 0 Å². The minimum Gasteiger partial charge on any atom is -0.387 e. The van der Waals surface area contributed by atoms with Gasteiger partial charge in [-0.2, -0.15) is 8.42 Å². The van der Waals surface area contributed by atoms with E-state index in [1.165, 1.54) is 51.0 Å². The molecule has 0 rings (SSSR count). The van der Waals surface area contributed by atoms with E-state index in [0.717, 1.165) is 44.9 Å². The van der Waals surface area contributed by atoms with Gasteiger partial charge in [0.05, 0.1) is 17.9 Å². The van der Waals surface area contributed by atoms with Gasteiger partial charge < -0.3 is 15.5 Å². The maximum Gasteiger partial charge on any atom is 0.267 e. The highest BCUT2D eigenvalue weighted by atomic mass is 32.2. The normalized spacial score (nSPS) is 14.9. The highest BCUT2D eigenvalue weighted by molar-refractivity contribution is 7.85. The zero-order valence-electron chi connectivity index (χ0n) is 20.9. The lowest BCUT2D eigenvalue weighted by Crippen LogP contribution is -2.50. The number of unbranched alkanes of at least 4 members (excludes halogenated alkanes) is 13. The van der Waals surface area contributed by atoms with Crippen molar-refractivity contribution in [3.63, 3.8) is 0 Å². The van der Waals surface area contributed by atoms with Crippen molar-refractivity contribution >= 4 is 16.0 Å². The number of rotatable bonds is 22. The maximum absolute atomic E-state index is 12.3. The van der Waals surface area contributed by atoms with Gasteiger partial charge in [-0.1, -0.05) is 109 Å². The highest BCUT2D eigenvalue weighted by Gasteiger charge is 2.27. The van der Waals surface area contributed by atoms with Crippen molar-refractivity contribution in [1.82, 2.24) is 5.32 Å². The second-order valence-corrected chi connectivity index (χ2v) is 10.6. The number of carbonyl (C=O) groups excluding carboxylic acids is 1. The number of carbonyl (C=O) groups is 1. The van der Waals surface area contributed by atoms with E-state index in [1.54, 1.807) is 6.08 Å². The van der Waals surface area contributed by atoms with Crippen molar-refractivity contribution in [3.8, 4) is 0 Å². The van der Waals surface area contributed by atoms with E-state index >= 15 is 0 Å². The fraction of sp³-hybridized carbons (Fsp3) is 0.880. The van der Waals surface area contributed by atoms with Gasteiger partial charge >= 0.3 is 0 Å². The third kappa shape index (κ3) is 20.2. The van der Waals surface area contributed by atoms with Gasteiger partial charge in [-0.15, -0.1) is 0 Å². The van der Waals surface area contributed by atoms with Crippen LogP contribution < -0.4 is 5.32 Å². The Morgan fingerprint density at radius 2 is 1.30 bits per heavy atom. The summed E-state index contributed by atoms with van der Waals surface area (Å²) in [6.07, 6.45) is 17.6. The maximum atomic E-state index is 12.3. The molecule has 7 nitrogen and oxygen atoms in total.